The fourth-order valence-corrected chi connectivity index (χ4v) is 3.87. The van der Waals surface area contributed by atoms with Gasteiger partial charge in [-0.1, -0.05) is 65.3 Å². The summed E-state index contributed by atoms with van der Waals surface area (Å²) < 4.78 is 0. The van der Waals surface area contributed by atoms with Crippen LogP contribution in [0.1, 0.15) is 5.56 Å². The largest absolute Gasteiger partial charge is 0.381 e. The van der Waals surface area contributed by atoms with Crippen LogP contribution < -0.4 is 4.90 Å². The van der Waals surface area contributed by atoms with Crippen molar-refractivity contribution in [1.82, 2.24) is 0 Å². The van der Waals surface area contributed by atoms with E-state index >= 15 is 0 Å². The molecular weight excluding hydrogens is 364 g/mol. The van der Waals surface area contributed by atoms with Gasteiger partial charge in [0.05, 0.1) is 5.69 Å². The Morgan fingerprint density at radius 2 is 1.63 bits per heavy atom. The molecule has 0 unspecified atom stereocenters. The molecule has 0 spiro atoms. The number of carbonyl (C=O) groups is 2. The SMILES string of the molecule is O=C1[C@@H]2C(c3ccccc3Cl)=NO[C@H]2C(=O)N1c1ccc2ccccc2c1. The van der Waals surface area contributed by atoms with Crippen molar-refractivity contribution in [2.45, 2.75) is 6.10 Å². The summed E-state index contributed by atoms with van der Waals surface area (Å²) in [6.07, 6.45) is -0.949. The molecule has 0 aliphatic carbocycles. The molecule has 3 aromatic carbocycles. The van der Waals surface area contributed by atoms with Crippen LogP contribution in [-0.2, 0) is 14.4 Å². The van der Waals surface area contributed by atoms with Crippen LogP contribution in [0.5, 0.6) is 0 Å². The van der Waals surface area contributed by atoms with E-state index in [9.17, 15) is 9.59 Å². The first kappa shape index (κ1) is 16.0. The Balaban J connectivity index is 1.55. The second kappa shape index (κ2) is 5.93. The first-order chi connectivity index (χ1) is 13.1. The lowest BCUT2D eigenvalue weighted by Crippen LogP contribution is -2.33. The van der Waals surface area contributed by atoms with Gasteiger partial charge in [-0.2, -0.15) is 0 Å². The van der Waals surface area contributed by atoms with Gasteiger partial charge >= 0.3 is 0 Å². The predicted molar refractivity (Wildman–Crippen MR) is 103 cm³/mol. The van der Waals surface area contributed by atoms with Gasteiger partial charge in [-0.15, -0.1) is 0 Å². The molecule has 3 aromatic rings. The second-order valence-electron chi connectivity index (χ2n) is 6.50. The van der Waals surface area contributed by atoms with Crippen molar-refractivity contribution in [2.75, 3.05) is 4.90 Å². The quantitative estimate of drug-likeness (QED) is 0.639. The number of carbonyl (C=O) groups excluding carboxylic acids is 2. The van der Waals surface area contributed by atoms with Gasteiger partial charge in [-0.25, -0.2) is 4.90 Å². The first-order valence-electron chi connectivity index (χ1n) is 8.50. The van der Waals surface area contributed by atoms with E-state index < -0.39 is 17.9 Å². The zero-order chi connectivity index (χ0) is 18.5. The summed E-state index contributed by atoms with van der Waals surface area (Å²) in [7, 11) is 0. The number of oxime groups is 1. The smallest absolute Gasteiger partial charge is 0.278 e. The van der Waals surface area contributed by atoms with Crippen LogP contribution in [0.2, 0.25) is 5.02 Å². The molecule has 2 atom stereocenters. The summed E-state index contributed by atoms with van der Waals surface area (Å²) in [5, 5.41) is 6.45. The van der Waals surface area contributed by atoms with Crippen LogP contribution >= 0.6 is 11.6 Å². The molecule has 27 heavy (non-hydrogen) atoms. The Morgan fingerprint density at radius 1 is 0.889 bits per heavy atom. The van der Waals surface area contributed by atoms with Crippen molar-refractivity contribution in [3.8, 4) is 0 Å². The highest BCUT2D eigenvalue weighted by Crippen LogP contribution is 2.37. The Bertz CT molecular complexity index is 1140. The standard InChI is InChI=1S/C21H13ClN2O3/c22-16-8-4-3-7-15(16)18-17-19(27-23-18)21(26)24(20(17)25)14-10-9-12-5-1-2-6-13(12)11-14/h1-11,17,19H/t17-,19-/m1/s1. The minimum absolute atomic E-state index is 0.351. The molecule has 1 fully saturated rings. The van der Waals surface area contributed by atoms with Gasteiger partial charge in [0.15, 0.2) is 0 Å². The molecule has 2 aliphatic rings. The van der Waals surface area contributed by atoms with E-state index in [0.717, 1.165) is 10.8 Å². The maximum absolute atomic E-state index is 13.1. The zero-order valence-corrected chi connectivity index (χ0v) is 14.8. The van der Waals surface area contributed by atoms with Crippen LogP contribution in [0, 0.1) is 5.92 Å². The van der Waals surface area contributed by atoms with E-state index in [1.165, 1.54) is 4.90 Å². The van der Waals surface area contributed by atoms with E-state index in [1.54, 1.807) is 30.3 Å². The van der Waals surface area contributed by atoms with Crippen molar-refractivity contribution >= 4 is 45.6 Å². The number of nitrogens with zero attached hydrogens (tertiary/aromatic N) is 2. The molecule has 5 nitrogen and oxygen atoms in total. The van der Waals surface area contributed by atoms with Crippen LogP contribution in [-0.4, -0.2) is 23.6 Å². The fourth-order valence-electron chi connectivity index (χ4n) is 3.64. The van der Waals surface area contributed by atoms with Crippen molar-refractivity contribution in [1.29, 1.82) is 0 Å². The van der Waals surface area contributed by atoms with E-state index in [4.69, 9.17) is 16.4 Å². The molecule has 0 saturated carbocycles. The van der Waals surface area contributed by atoms with Gasteiger partial charge in [-0.05, 0) is 29.0 Å². The molecule has 0 bridgehead atoms. The molecule has 0 aromatic heterocycles. The van der Waals surface area contributed by atoms with Gasteiger partial charge in [0, 0.05) is 10.6 Å². The summed E-state index contributed by atoms with van der Waals surface area (Å²) in [6.45, 7) is 0. The highest BCUT2D eigenvalue weighted by atomic mass is 35.5. The molecular formula is C21H13ClN2O3. The van der Waals surface area contributed by atoms with E-state index in [2.05, 4.69) is 5.16 Å². The summed E-state index contributed by atoms with van der Waals surface area (Å²) in [5.41, 5.74) is 1.53. The number of hydrogen-bond donors (Lipinski definition) is 0. The van der Waals surface area contributed by atoms with Crippen LogP contribution in [0.25, 0.3) is 10.8 Å². The normalized spacial score (nSPS) is 21.4. The van der Waals surface area contributed by atoms with Gasteiger partial charge in [-0.3, -0.25) is 9.59 Å². The minimum atomic E-state index is -0.949. The average Bonchev–Trinajstić information content (AvgIpc) is 3.22. The lowest BCUT2D eigenvalue weighted by atomic mass is 9.94. The van der Waals surface area contributed by atoms with E-state index in [-0.39, 0.29) is 5.91 Å². The van der Waals surface area contributed by atoms with Gasteiger partial charge < -0.3 is 4.84 Å². The number of anilines is 1. The molecule has 5 rings (SSSR count). The Hall–Kier alpha value is -3.18. The third kappa shape index (κ3) is 2.35. The number of halogens is 1. The lowest BCUT2D eigenvalue weighted by Gasteiger charge is -2.16. The molecule has 2 aliphatic heterocycles. The van der Waals surface area contributed by atoms with Crippen LogP contribution in [0.3, 0.4) is 0 Å². The number of fused-ring (bicyclic) bond motifs is 2. The number of hydrogen-bond acceptors (Lipinski definition) is 4. The monoisotopic (exact) mass is 376 g/mol. The third-order valence-corrected chi connectivity index (χ3v) is 5.28. The van der Waals surface area contributed by atoms with Crippen molar-refractivity contribution in [3.05, 3.63) is 77.3 Å². The van der Waals surface area contributed by atoms with Gasteiger partial charge in [0.1, 0.15) is 11.6 Å². The molecule has 6 heteroatoms. The van der Waals surface area contributed by atoms with Gasteiger partial charge in [0.25, 0.3) is 5.91 Å². The Labute approximate surface area is 159 Å². The lowest BCUT2D eigenvalue weighted by molar-refractivity contribution is -0.126. The van der Waals surface area contributed by atoms with Crippen LogP contribution in [0.15, 0.2) is 71.9 Å². The topological polar surface area (TPSA) is 59.0 Å². The molecule has 2 heterocycles. The molecule has 132 valence electrons. The highest BCUT2D eigenvalue weighted by molar-refractivity contribution is 6.38. The number of imide groups is 1. The average molecular weight is 377 g/mol. The number of amides is 2. The van der Waals surface area contributed by atoms with E-state index in [1.807, 2.05) is 36.4 Å². The molecule has 2 amide bonds. The number of rotatable bonds is 2. The maximum Gasteiger partial charge on any atom is 0.278 e. The van der Waals surface area contributed by atoms with E-state index in [0.29, 0.717) is 22.0 Å². The highest BCUT2D eigenvalue weighted by Gasteiger charge is 2.56. The maximum atomic E-state index is 13.1. The Kier molecular flexibility index (Phi) is 3.52. The van der Waals surface area contributed by atoms with Crippen molar-refractivity contribution < 1.29 is 14.4 Å². The number of benzene rings is 3. The Morgan fingerprint density at radius 3 is 2.44 bits per heavy atom. The molecule has 1 saturated heterocycles. The molecule has 0 radical (unpaired) electrons. The second-order valence-corrected chi connectivity index (χ2v) is 6.91. The predicted octanol–water partition coefficient (Wildman–Crippen LogP) is 3.79. The first-order valence-corrected chi connectivity index (χ1v) is 8.88. The minimum Gasteiger partial charge on any atom is -0.381 e. The summed E-state index contributed by atoms with van der Waals surface area (Å²) in [4.78, 5) is 32.5. The summed E-state index contributed by atoms with van der Waals surface area (Å²) in [6, 6.07) is 20.4. The third-order valence-electron chi connectivity index (χ3n) is 4.95. The van der Waals surface area contributed by atoms with Crippen LogP contribution in [0.4, 0.5) is 5.69 Å². The summed E-state index contributed by atoms with van der Waals surface area (Å²) in [5.74, 6) is -1.55. The van der Waals surface area contributed by atoms with Gasteiger partial charge in [0.2, 0.25) is 12.0 Å². The molecule has 0 N–H and O–H groups in total. The zero-order valence-electron chi connectivity index (χ0n) is 14.0. The summed E-state index contributed by atoms with van der Waals surface area (Å²) >= 11 is 6.25. The fraction of sp³-hybridized carbons (Fsp3) is 0.0952. The van der Waals surface area contributed by atoms with Crippen molar-refractivity contribution in [2.24, 2.45) is 11.1 Å². The van der Waals surface area contributed by atoms with Crippen molar-refractivity contribution in [3.63, 3.8) is 0 Å².